The number of amides is 1. The molecule has 3 aromatic heterocycles. The molecule has 2 aliphatic carbocycles. The Bertz CT molecular complexity index is 1240. The summed E-state index contributed by atoms with van der Waals surface area (Å²) in [4.78, 5) is 36.5. The summed E-state index contributed by atoms with van der Waals surface area (Å²) in [5.41, 5.74) is 3.83. The predicted octanol–water partition coefficient (Wildman–Crippen LogP) is 4.62. The number of hydrogen-bond acceptors (Lipinski definition) is 7. The molecule has 4 heterocycles. The monoisotopic (exact) mass is 490 g/mol. The second kappa shape index (κ2) is 9.83. The first kappa shape index (κ1) is 22.9. The van der Waals surface area contributed by atoms with E-state index in [4.69, 9.17) is 9.97 Å². The van der Waals surface area contributed by atoms with E-state index in [1.807, 2.05) is 11.1 Å². The first-order chi connectivity index (χ1) is 17.6. The van der Waals surface area contributed by atoms with Gasteiger partial charge in [-0.25, -0.2) is 15.0 Å². The van der Waals surface area contributed by atoms with Crippen LogP contribution in [0.4, 0.5) is 27.8 Å². The van der Waals surface area contributed by atoms with Gasteiger partial charge >= 0.3 is 0 Å². The SMILES string of the molecule is O=C(Nc1ccc(F)nc1)C1CCCN1c1nc2c(c(Nc3ncc(C4CCCCC4)[nH]3)n1)CCC2. The molecular formula is C26H31FN8O. The molecule has 3 aromatic rings. The van der Waals surface area contributed by atoms with Crippen LogP contribution in [0.2, 0.25) is 0 Å². The zero-order valence-corrected chi connectivity index (χ0v) is 20.3. The van der Waals surface area contributed by atoms with Crippen molar-refractivity contribution in [2.24, 2.45) is 0 Å². The molecule has 3 N–H and O–H groups in total. The molecule has 9 nitrogen and oxygen atoms in total. The molecule has 188 valence electrons. The third-order valence-electron chi connectivity index (χ3n) is 7.61. The number of pyridine rings is 1. The van der Waals surface area contributed by atoms with E-state index in [-0.39, 0.29) is 5.91 Å². The molecule has 1 aliphatic heterocycles. The third kappa shape index (κ3) is 4.64. The highest BCUT2D eigenvalue weighted by Crippen LogP contribution is 2.34. The van der Waals surface area contributed by atoms with Crippen molar-refractivity contribution in [3.63, 3.8) is 0 Å². The molecule has 1 saturated carbocycles. The van der Waals surface area contributed by atoms with Crippen molar-refractivity contribution in [2.75, 3.05) is 22.1 Å². The van der Waals surface area contributed by atoms with Gasteiger partial charge in [0.05, 0.1) is 23.8 Å². The van der Waals surface area contributed by atoms with Gasteiger partial charge in [-0.2, -0.15) is 9.37 Å². The number of aryl methyl sites for hydroxylation is 1. The van der Waals surface area contributed by atoms with Gasteiger partial charge < -0.3 is 20.5 Å². The van der Waals surface area contributed by atoms with Crippen molar-refractivity contribution in [1.82, 2.24) is 24.9 Å². The Morgan fingerprint density at radius 3 is 2.72 bits per heavy atom. The fourth-order valence-electron chi connectivity index (χ4n) is 5.74. The van der Waals surface area contributed by atoms with Crippen LogP contribution in [0, 0.1) is 5.95 Å². The predicted molar refractivity (Wildman–Crippen MR) is 135 cm³/mol. The van der Waals surface area contributed by atoms with Gasteiger partial charge in [-0.05, 0) is 57.1 Å². The molecule has 0 spiro atoms. The lowest BCUT2D eigenvalue weighted by Crippen LogP contribution is -2.40. The minimum absolute atomic E-state index is 0.164. The smallest absolute Gasteiger partial charge is 0.247 e. The summed E-state index contributed by atoms with van der Waals surface area (Å²) < 4.78 is 13.1. The second-order valence-corrected chi connectivity index (χ2v) is 10.0. The molecule has 10 heteroatoms. The van der Waals surface area contributed by atoms with Crippen LogP contribution < -0.4 is 15.5 Å². The zero-order valence-electron chi connectivity index (χ0n) is 20.3. The maximum absolute atomic E-state index is 13.1. The van der Waals surface area contributed by atoms with E-state index in [9.17, 15) is 9.18 Å². The van der Waals surface area contributed by atoms with Gasteiger partial charge in [0, 0.05) is 23.7 Å². The average molecular weight is 491 g/mol. The van der Waals surface area contributed by atoms with Gasteiger partial charge in [0.2, 0.25) is 23.8 Å². The number of aromatic amines is 1. The first-order valence-electron chi connectivity index (χ1n) is 13.0. The fourth-order valence-corrected chi connectivity index (χ4v) is 5.74. The van der Waals surface area contributed by atoms with Gasteiger partial charge in [-0.3, -0.25) is 4.79 Å². The summed E-state index contributed by atoms with van der Waals surface area (Å²) in [6.45, 7) is 0.699. The second-order valence-electron chi connectivity index (χ2n) is 10.0. The number of carbonyl (C=O) groups excluding carboxylic acids is 1. The number of aromatic nitrogens is 5. The Morgan fingerprint density at radius 1 is 1.00 bits per heavy atom. The van der Waals surface area contributed by atoms with Gasteiger partial charge in [0.25, 0.3) is 0 Å². The molecule has 1 unspecified atom stereocenters. The largest absolute Gasteiger partial charge is 0.329 e. The standard InChI is InChI=1S/C26H31FN8O/c27-22-12-11-17(14-28-22)30-24(36)21-10-5-13-35(21)26-32-19-9-4-8-18(19)23(34-26)33-25-29-15-20(31-25)16-6-2-1-3-7-16/h11-12,14-16,21H,1-10,13H2,(H,30,36)(H2,29,31,32,33,34). The summed E-state index contributed by atoms with van der Waals surface area (Å²) in [6, 6.07) is 2.35. The molecule has 2 fully saturated rings. The van der Waals surface area contributed by atoms with Crippen LogP contribution in [0.1, 0.15) is 74.2 Å². The van der Waals surface area contributed by atoms with E-state index in [0.29, 0.717) is 36.5 Å². The summed E-state index contributed by atoms with van der Waals surface area (Å²) in [7, 11) is 0. The lowest BCUT2D eigenvalue weighted by Gasteiger charge is -2.25. The van der Waals surface area contributed by atoms with E-state index in [2.05, 4.69) is 25.6 Å². The zero-order chi connectivity index (χ0) is 24.5. The minimum atomic E-state index is -0.579. The van der Waals surface area contributed by atoms with Gasteiger partial charge in [-0.1, -0.05) is 19.3 Å². The molecule has 1 saturated heterocycles. The Hall–Kier alpha value is -3.56. The van der Waals surface area contributed by atoms with Crippen molar-refractivity contribution in [1.29, 1.82) is 0 Å². The number of anilines is 4. The minimum Gasteiger partial charge on any atom is -0.329 e. The van der Waals surface area contributed by atoms with E-state index >= 15 is 0 Å². The Balaban J connectivity index is 1.23. The molecule has 36 heavy (non-hydrogen) atoms. The number of imidazole rings is 1. The Labute approximate surface area is 209 Å². The number of carbonyl (C=O) groups is 1. The molecule has 0 radical (unpaired) electrons. The number of nitrogens with zero attached hydrogens (tertiary/aromatic N) is 5. The Kier molecular flexibility index (Phi) is 6.25. The van der Waals surface area contributed by atoms with Gasteiger partial charge in [0.15, 0.2) is 0 Å². The summed E-state index contributed by atoms with van der Waals surface area (Å²) >= 11 is 0. The van der Waals surface area contributed by atoms with Crippen LogP contribution in [0.5, 0.6) is 0 Å². The highest BCUT2D eigenvalue weighted by atomic mass is 19.1. The normalized spacial score (nSPS) is 19.9. The summed E-state index contributed by atoms with van der Waals surface area (Å²) in [6.07, 6.45) is 14.0. The van der Waals surface area contributed by atoms with E-state index < -0.39 is 12.0 Å². The number of fused-ring (bicyclic) bond motifs is 1. The van der Waals surface area contributed by atoms with Crippen LogP contribution in [0.3, 0.4) is 0 Å². The van der Waals surface area contributed by atoms with E-state index in [0.717, 1.165) is 42.8 Å². The van der Waals surface area contributed by atoms with Crippen LogP contribution in [-0.4, -0.2) is 43.4 Å². The highest BCUT2D eigenvalue weighted by Gasteiger charge is 2.34. The first-order valence-corrected chi connectivity index (χ1v) is 13.0. The maximum atomic E-state index is 13.1. The lowest BCUT2D eigenvalue weighted by atomic mass is 9.87. The quantitative estimate of drug-likeness (QED) is 0.432. The van der Waals surface area contributed by atoms with Crippen LogP contribution >= 0.6 is 0 Å². The van der Waals surface area contributed by atoms with Gasteiger partial charge in [-0.15, -0.1) is 0 Å². The van der Waals surface area contributed by atoms with Crippen molar-refractivity contribution < 1.29 is 9.18 Å². The number of halogens is 1. The number of nitrogens with one attached hydrogen (secondary N) is 3. The van der Waals surface area contributed by atoms with Crippen molar-refractivity contribution in [3.8, 4) is 0 Å². The molecule has 3 aliphatic rings. The van der Waals surface area contributed by atoms with Crippen molar-refractivity contribution in [2.45, 2.75) is 76.2 Å². The van der Waals surface area contributed by atoms with Crippen LogP contribution in [0.25, 0.3) is 0 Å². The maximum Gasteiger partial charge on any atom is 0.247 e. The van der Waals surface area contributed by atoms with Crippen LogP contribution in [0.15, 0.2) is 24.5 Å². The van der Waals surface area contributed by atoms with E-state index in [1.165, 1.54) is 56.1 Å². The summed E-state index contributed by atoms with van der Waals surface area (Å²) in [5, 5.41) is 6.28. The van der Waals surface area contributed by atoms with Crippen molar-refractivity contribution >= 4 is 29.3 Å². The molecule has 0 aromatic carbocycles. The number of rotatable bonds is 6. The van der Waals surface area contributed by atoms with Crippen LogP contribution in [-0.2, 0) is 17.6 Å². The summed E-state index contributed by atoms with van der Waals surface area (Å²) in [5.74, 6) is 1.84. The molecule has 0 bridgehead atoms. The van der Waals surface area contributed by atoms with E-state index in [1.54, 1.807) is 0 Å². The number of hydrogen-bond donors (Lipinski definition) is 3. The van der Waals surface area contributed by atoms with Gasteiger partial charge in [0.1, 0.15) is 11.9 Å². The fraction of sp³-hybridized carbons (Fsp3) is 0.500. The molecule has 6 rings (SSSR count). The molecule has 1 amide bonds. The highest BCUT2D eigenvalue weighted by molar-refractivity contribution is 5.96. The average Bonchev–Trinajstić information content (AvgIpc) is 3.66. The molecular weight excluding hydrogens is 459 g/mol. The number of H-pyrrole nitrogens is 1. The molecule has 1 atom stereocenters. The third-order valence-corrected chi connectivity index (χ3v) is 7.61. The lowest BCUT2D eigenvalue weighted by molar-refractivity contribution is -0.117. The topological polar surface area (TPSA) is 112 Å². The van der Waals surface area contributed by atoms with Crippen molar-refractivity contribution in [3.05, 3.63) is 47.4 Å². The Morgan fingerprint density at radius 2 is 1.89 bits per heavy atom.